The SMILES string of the molecule is CCCc1ccc(N2CCC(=O)N3CCCC3C2=O)cc1. The maximum absolute atomic E-state index is 12.7. The van der Waals surface area contributed by atoms with Crippen LogP contribution in [0, 0.1) is 0 Å². The van der Waals surface area contributed by atoms with Gasteiger partial charge in [0.25, 0.3) is 0 Å². The molecule has 2 aliphatic rings. The van der Waals surface area contributed by atoms with Crippen LogP contribution in [0.3, 0.4) is 0 Å². The molecule has 2 amide bonds. The van der Waals surface area contributed by atoms with E-state index in [1.165, 1.54) is 5.56 Å². The lowest BCUT2D eigenvalue weighted by Gasteiger charge is -2.25. The molecule has 4 nitrogen and oxygen atoms in total. The molecule has 2 heterocycles. The average molecular weight is 286 g/mol. The Morgan fingerprint density at radius 2 is 1.90 bits per heavy atom. The minimum absolute atomic E-state index is 0.0848. The Morgan fingerprint density at radius 1 is 1.14 bits per heavy atom. The van der Waals surface area contributed by atoms with Gasteiger partial charge in [-0.05, 0) is 37.0 Å². The van der Waals surface area contributed by atoms with Crippen LogP contribution < -0.4 is 4.90 Å². The third-order valence-electron chi connectivity index (χ3n) is 4.46. The maximum atomic E-state index is 12.7. The Balaban J connectivity index is 1.83. The minimum Gasteiger partial charge on any atom is -0.331 e. The second-order valence-corrected chi connectivity index (χ2v) is 5.90. The largest absolute Gasteiger partial charge is 0.331 e. The molecule has 1 aromatic rings. The molecule has 0 spiro atoms. The van der Waals surface area contributed by atoms with E-state index in [4.69, 9.17) is 0 Å². The summed E-state index contributed by atoms with van der Waals surface area (Å²) >= 11 is 0. The van der Waals surface area contributed by atoms with Crippen LogP contribution in [0.25, 0.3) is 0 Å². The fourth-order valence-electron chi connectivity index (χ4n) is 3.35. The van der Waals surface area contributed by atoms with Crippen molar-refractivity contribution in [1.29, 1.82) is 0 Å². The predicted octanol–water partition coefficient (Wildman–Crippen LogP) is 2.37. The number of benzene rings is 1. The molecule has 0 radical (unpaired) electrons. The number of aryl methyl sites for hydroxylation is 1. The van der Waals surface area contributed by atoms with E-state index >= 15 is 0 Å². The van der Waals surface area contributed by atoms with Crippen molar-refractivity contribution in [3.05, 3.63) is 29.8 Å². The predicted molar refractivity (Wildman–Crippen MR) is 82.1 cm³/mol. The average Bonchev–Trinajstić information content (AvgIpc) is 2.94. The van der Waals surface area contributed by atoms with E-state index in [-0.39, 0.29) is 17.9 Å². The lowest BCUT2D eigenvalue weighted by atomic mass is 10.1. The highest BCUT2D eigenvalue weighted by Gasteiger charge is 2.39. The molecular formula is C17H22N2O2. The molecule has 3 rings (SSSR count). The van der Waals surface area contributed by atoms with Gasteiger partial charge in [0.1, 0.15) is 6.04 Å². The van der Waals surface area contributed by atoms with Crippen molar-refractivity contribution in [2.75, 3.05) is 18.0 Å². The number of fused-ring (bicyclic) bond motifs is 1. The molecule has 4 heteroatoms. The van der Waals surface area contributed by atoms with Gasteiger partial charge in [0.2, 0.25) is 11.8 Å². The van der Waals surface area contributed by atoms with Gasteiger partial charge in [-0.3, -0.25) is 9.59 Å². The first-order chi connectivity index (χ1) is 10.2. The van der Waals surface area contributed by atoms with Crippen LogP contribution in [-0.2, 0) is 16.0 Å². The van der Waals surface area contributed by atoms with Crippen LogP contribution in [-0.4, -0.2) is 35.8 Å². The summed E-state index contributed by atoms with van der Waals surface area (Å²) in [6.45, 7) is 3.39. The Labute approximate surface area is 125 Å². The smallest absolute Gasteiger partial charge is 0.249 e. The number of nitrogens with zero attached hydrogens (tertiary/aromatic N) is 2. The second-order valence-electron chi connectivity index (χ2n) is 5.90. The van der Waals surface area contributed by atoms with Gasteiger partial charge in [0, 0.05) is 25.2 Å². The normalized spacial score (nSPS) is 22.4. The molecule has 0 aliphatic carbocycles. The standard InChI is InChI=1S/C17H22N2O2/c1-2-4-13-6-8-14(9-7-13)18-12-10-16(20)19-11-3-5-15(19)17(18)21/h6-9,15H,2-5,10-12H2,1H3. The van der Waals surface area contributed by atoms with Gasteiger partial charge in [0.15, 0.2) is 0 Å². The third-order valence-corrected chi connectivity index (χ3v) is 4.46. The van der Waals surface area contributed by atoms with E-state index in [9.17, 15) is 9.59 Å². The number of carbonyl (C=O) groups is 2. The van der Waals surface area contributed by atoms with Crippen LogP contribution >= 0.6 is 0 Å². The molecular weight excluding hydrogens is 264 g/mol. The first-order valence-corrected chi connectivity index (χ1v) is 7.90. The summed E-state index contributed by atoms with van der Waals surface area (Å²) < 4.78 is 0. The number of carbonyl (C=O) groups excluding carboxylic acids is 2. The molecule has 1 atom stereocenters. The van der Waals surface area contributed by atoms with Gasteiger partial charge >= 0.3 is 0 Å². The molecule has 1 unspecified atom stereocenters. The topological polar surface area (TPSA) is 40.6 Å². The van der Waals surface area contributed by atoms with Gasteiger partial charge in [-0.1, -0.05) is 25.5 Å². The Hall–Kier alpha value is -1.84. The molecule has 2 aliphatic heterocycles. The molecule has 2 saturated heterocycles. The highest BCUT2D eigenvalue weighted by molar-refractivity contribution is 6.01. The summed E-state index contributed by atoms with van der Waals surface area (Å²) in [6.07, 6.45) is 4.34. The van der Waals surface area contributed by atoms with E-state index in [0.29, 0.717) is 13.0 Å². The monoisotopic (exact) mass is 286 g/mol. The maximum Gasteiger partial charge on any atom is 0.249 e. The van der Waals surface area contributed by atoms with Gasteiger partial charge in [0.05, 0.1) is 0 Å². The van der Waals surface area contributed by atoms with Crippen LogP contribution in [0.5, 0.6) is 0 Å². The quantitative estimate of drug-likeness (QED) is 0.856. The summed E-state index contributed by atoms with van der Waals surface area (Å²) in [6, 6.07) is 7.96. The number of amides is 2. The van der Waals surface area contributed by atoms with E-state index in [1.54, 1.807) is 9.80 Å². The van der Waals surface area contributed by atoms with Crippen molar-refractivity contribution in [2.45, 2.75) is 45.1 Å². The molecule has 1 aromatic carbocycles. The molecule has 2 fully saturated rings. The lowest BCUT2D eigenvalue weighted by Crippen LogP contribution is -2.43. The molecule has 0 N–H and O–H groups in total. The number of anilines is 1. The van der Waals surface area contributed by atoms with E-state index in [0.717, 1.165) is 37.9 Å². The summed E-state index contributed by atoms with van der Waals surface area (Å²) in [4.78, 5) is 28.4. The summed E-state index contributed by atoms with van der Waals surface area (Å²) in [5, 5.41) is 0. The zero-order valence-electron chi connectivity index (χ0n) is 12.5. The second kappa shape index (κ2) is 5.88. The van der Waals surface area contributed by atoms with E-state index < -0.39 is 0 Å². The van der Waals surface area contributed by atoms with Crippen LogP contribution in [0.4, 0.5) is 5.69 Å². The van der Waals surface area contributed by atoms with Crippen molar-refractivity contribution in [2.24, 2.45) is 0 Å². The highest BCUT2D eigenvalue weighted by atomic mass is 16.2. The fraction of sp³-hybridized carbons (Fsp3) is 0.529. The summed E-state index contributed by atoms with van der Waals surface area (Å²) in [5.74, 6) is 0.206. The summed E-state index contributed by atoms with van der Waals surface area (Å²) in [7, 11) is 0. The summed E-state index contributed by atoms with van der Waals surface area (Å²) in [5.41, 5.74) is 2.21. The lowest BCUT2D eigenvalue weighted by molar-refractivity contribution is -0.135. The van der Waals surface area contributed by atoms with Crippen molar-refractivity contribution < 1.29 is 9.59 Å². The van der Waals surface area contributed by atoms with E-state index in [2.05, 4.69) is 19.1 Å². The van der Waals surface area contributed by atoms with Crippen LogP contribution in [0.1, 0.15) is 38.2 Å². The number of hydrogen-bond acceptors (Lipinski definition) is 2. The Kier molecular flexibility index (Phi) is 3.95. The van der Waals surface area contributed by atoms with Crippen molar-refractivity contribution in [3.8, 4) is 0 Å². The number of hydrogen-bond donors (Lipinski definition) is 0. The highest BCUT2D eigenvalue weighted by Crippen LogP contribution is 2.27. The number of rotatable bonds is 3. The van der Waals surface area contributed by atoms with Crippen molar-refractivity contribution in [1.82, 2.24) is 4.90 Å². The molecule has 21 heavy (non-hydrogen) atoms. The molecule has 0 bridgehead atoms. The minimum atomic E-state index is -0.240. The van der Waals surface area contributed by atoms with Crippen molar-refractivity contribution in [3.63, 3.8) is 0 Å². The molecule has 0 aromatic heterocycles. The van der Waals surface area contributed by atoms with Gasteiger partial charge in [-0.2, -0.15) is 0 Å². The Bertz CT molecular complexity index is 538. The van der Waals surface area contributed by atoms with E-state index in [1.807, 2.05) is 12.1 Å². The van der Waals surface area contributed by atoms with Crippen molar-refractivity contribution >= 4 is 17.5 Å². The fourth-order valence-corrected chi connectivity index (χ4v) is 3.35. The van der Waals surface area contributed by atoms with Gasteiger partial charge in [-0.25, -0.2) is 0 Å². The molecule has 112 valence electrons. The van der Waals surface area contributed by atoms with Crippen LogP contribution in [0.15, 0.2) is 24.3 Å². The third kappa shape index (κ3) is 2.67. The Morgan fingerprint density at radius 3 is 2.62 bits per heavy atom. The zero-order chi connectivity index (χ0) is 14.8. The zero-order valence-corrected chi connectivity index (χ0v) is 12.5. The van der Waals surface area contributed by atoms with Crippen LogP contribution in [0.2, 0.25) is 0 Å². The van der Waals surface area contributed by atoms with Gasteiger partial charge < -0.3 is 9.80 Å². The first kappa shape index (κ1) is 14.1. The first-order valence-electron chi connectivity index (χ1n) is 7.90. The van der Waals surface area contributed by atoms with Gasteiger partial charge in [-0.15, -0.1) is 0 Å². The molecule has 0 saturated carbocycles.